The van der Waals surface area contributed by atoms with Gasteiger partial charge in [-0.2, -0.15) is 0 Å². The van der Waals surface area contributed by atoms with Crippen LogP contribution in [0.4, 0.5) is 10.7 Å². The predicted octanol–water partition coefficient (Wildman–Crippen LogP) is 5.84. The second-order valence-electron chi connectivity index (χ2n) is 11.7. The number of hydrogen-bond donors (Lipinski definition) is 1. The summed E-state index contributed by atoms with van der Waals surface area (Å²) < 4.78 is 8.82. The highest BCUT2D eigenvalue weighted by Crippen LogP contribution is 2.27. The second kappa shape index (κ2) is 12.0. The number of benzene rings is 2. The van der Waals surface area contributed by atoms with Gasteiger partial charge in [-0.05, 0) is 58.2 Å². The van der Waals surface area contributed by atoms with Crippen LogP contribution in [0.25, 0.3) is 11.0 Å². The van der Waals surface area contributed by atoms with Gasteiger partial charge in [-0.3, -0.25) is 9.59 Å². The van der Waals surface area contributed by atoms with E-state index in [1.807, 2.05) is 55.7 Å². The van der Waals surface area contributed by atoms with E-state index in [2.05, 4.69) is 10.2 Å². The van der Waals surface area contributed by atoms with Gasteiger partial charge in [0.15, 0.2) is 5.78 Å². The number of alkyl carbamates (subject to hydrolysis) is 1. The van der Waals surface area contributed by atoms with Crippen LogP contribution < -0.4 is 15.8 Å². The lowest BCUT2D eigenvalue weighted by molar-refractivity contribution is 0.0499. The number of aromatic nitrogens is 3. The molecule has 0 saturated carbocycles. The molecule has 1 amide bonds. The number of fused-ring (bicyclic) bond motifs is 1. The van der Waals surface area contributed by atoms with E-state index in [1.54, 1.807) is 43.5 Å². The smallest absolute Gasteiger partial charge is 0.407 e. The molecule has 1 unspecified atom stereocenters. The Kier molecular flexibility index (Phi) is 8.41. The SMILES string of the molecule is CC(C(=O)c1ccccc1)n1ccc2nc(N3CCC[C@@H](NC(=O)OC(C)(C)C)C3)n(Cc3ccccc3Cl)c2c1=O. The molecule has 1 aliphatic rings. The van der Waals surface area contributed by atoms with Crippen molar-refractivity contribution in [1.29, 1.82) is 0 Å². The van der Waals surface area contributed by atoms with Crippen LogP contribution in [-0.4, -0.2) is 50.7 Å². The molecule has 220 valence electrons. The lowest BCUT2D eigenvalue weighted by Crippen LogP contribution is -2.49. The number of imidazole rings is 1. The Morgan fingerprint density at radius 1 is 1.10 bits per heavy atom. The third-order valence-electron chi connectivity index (χ3n) is 7.37. The molecule has 0 radical (unpaired) electrons. The Balaban J connectivity index is 1.54. The summed E-state index contributed by atoms with van der Waals surface area (Å²) in [6.45, 7) is 8.74. The minimum Gasteiger partial charge on any atom is -0.444 e. The quantitative estimate of drug-likeness (QED) is 0.272. The number of ether oxygens (including phenoxy) is 1. The standard InChI is InChI=1S/C32H36ClN5O4/c1-21(28(39)22-11-6-5-7-12-22)37-18-16-26-27(29(37)40)38(19-23-13-8-9-15-25(23)33)30(35-26)36-17-10-14-24(20-36)34-31(41)42-32(2,3)4/h5-9,11-13,15-16,18,21,24H,10,14,17,19-20H2,1-4H3,(H,34,41)/t21?,24-/m1/s1. The van der Waals surface area contributed by atoms with Gasteiger partial charge in [-0.1, -0.05) is 60.1 Å². The van der Waals surface area contributed by atoms with E-state index < -0.39 is 17.7 Å². The number of ketones is 1. The molecule has 0 bridgehead atoms. The molecular weight excluding hydrogens is 554 g/mol. The number of halogens is 1. The molecule has 2 aromatic heterocycles. The zero-order valence-corrected chi connectivity index (χ0v) is 25.1. The maximum Gasteiger partial charge on any atom is 0.407 e. The number of carbonyl (C=O) groups is 2. The lowest BCUT2D eigenvalue weighted by atomic mass is 10.1. The van der Waals surface area contributed by atoms with E-state index in [0.29, 0.717) is 47.2 Å². The van der Waals surface area contributed by atoms with Gasteiger partial charge >= 0.3 is 6.09 Å². The van der Waals surface area contributed by atoms with Crippen molar-refractivity contribution in [2.24, 2.45) is 0 Å². The zero-order valence-electron chi connectivity index (χ0n) is 24.3. The summed E-state index contributed by atoms with van der Waals surface area (Å²) in [7, 11) is 0. The molecule has 1 saturated heterocycles. The highest BCUT2D eigenvalue weighted by molar-refractivity contribution is 6.31. The van der Waals surface area contributed by atoms with E-state index in [4.69, 9.17) is 21.3 Å². The summed E-state index contributed by atoms with van der Waals surface area (Å²) >= 11 is 6.56. The van der Waals surface area contributed by atoms with Crippen LogP contribution in [0, 0.1) is 0 Å². The van der Waals surface area contributed by atoms with Gasteiger partial charge in [0.25, 0.3) is 5.56 Å². The van der Waals surface area contributed by atoms with Crippen molar-refractivity contribution in [3.63, 3.8) is 0 Å². The monoisotopic (exact) mass is 589 g/mol. The van der Waals surface area contributed by atoms with E-state index in [0.717, 1.165) is 18.4 Å². The van der Waals surface area contributed by atoms with E-state index >= 15 is 0 Å². The molecule has 3 heterocycles. The van der Waals surface area contributed by atoms with E-state index in [-0.39, 0.29) is 17.4 Å². The number of amides is 1. The van der Waals surface area contributed by atoms with Gasteiger partial charge in [0.2, 0.25) is 5.95 Å². The predicted molar refractivity (Wildman–Crippen MR) is 165 cm³/mol. The molecule has 1 fully saturated rings. The highest BCUT2D eigenvalue weighted by Gasteiger charge is 2.29. The molecular formula is C32H36ClN5O4. The van der Waals surface area contributed by atoms with Crippen LogP contribution in [0.15, 0.2) is 71.7 Å². The van der Waals surface area contributed by atoms with Crippen molar-refractivity contribution in [1.82, 2.24) is 19.4 Å². The van der Waals surface area contributed by atoms with Gasteiger partial charge in [0.05, 0.1) is 18.1 Å². The summed E-state index contributed by atoms with van der Waals surface area (Å²) in [5.74, 6) is 0.457. The van der Waals surface area contributed by atoms with Crippen molar-refractivity contribution in [2.45, 2.75) is 64.8 Å². The first-order valence-corrected chi connectivity index (χ1v) is 14.6. The third-order valence-corrected chi connectivity index (χ3v) is 7.74. The van der Waals surface area contributed by atoms with Crippen molar-refractivity contribution in [3.8, 4) is 0 Å². The third kappa shape index (κ3) is 6.36. The van der Waals surface area contributed by atoms with Gasteiger partial charge in [-0.15, -0.1) is 0 Å². The first kappa shape index (κ1) is 29.4. The first-order chi connectivity index (χ1) is 20.0. The number of carbonyl (C=O) groups excluding carboxylic acids is 2. The van der Waals surface area contributed by atoms with Crippen LogP contribution in [-0.2, 0) is 11.3 Å². The van der Waals surface area contributed by atoms with Crippen LogP contribution >= 0.6 is 11.6 Å². The number of hydrogen-bond acceptors (Lipinski definition) is 6. The fourth-order valence-electron chi connectivity index (χ4n) is 5.36. The molecule has 10 heteroatoms. The first-order valence-electron chi connectivity index (χ1n) is 14.2. The molecule has 42 heavy (non-hydrogen) atoms. The number of anilines is 1. The molecule has 9 nitrogen and oxygen atoms in total. The van der Waals surface area contributed by atoms with E-state index in [9.17, 15) is 14.4 Å². The Morgan fingerprint density at radius 2 is 1.81 bits per heavy atom. The van der Waals surface area contributed by atoms with Gasteiger partial charge < -0.3 is 24.1 Å². The minimum atomic E-state index is -0.714. The van der Waals surface area contributed by atoms with Crippen molar-refractivity contribution in [2.75, 3.05) is 18.0 Å². The number of nitrogens with zero attached hydrogens (tertiary/aromatic N) is 4. The molecule has 4 aromatic rings. The average Bonchev–Trinajstić information content (AvgIpc) is 3.32. The molecule has 1 aliphatic heterocycles. The highest BCUT2D eigenvalue weighted by atomic mass is 35.5. The number of nitrogens with one attached hydrogen (secondary N) is 1. The summed E-state index contributed by atoms with van der Waals surface area (Å²) in [4.78, 5) is 46.8. The molecule has 0 aliphatic carbocycles. The van der Waals surface area contributed by atoms with Gasteiger partial charge in [0, 0.05) is 35.9 Å². The number of rotatable bonds is 7. The summed E-state index contributed by atoms with van der Waals surface area (Å²) in [6, 6.07) is 17.4. The van der Waals surface area contributed by atoms with Crippen LogP contribution in [0.2, 0.25) is 5.02 Å². The largest absolute Gasteiger partial charge is 0.444 e. The summed E-state index contributed by atoms with van der Waals surface area (Å²) in [5.41, 5.74) is 1.39. The Bertz CT molecular complexity index is 1660. The van der Waals surface area contributed by atoms with Crippen molar-refractivity contribution >= 4 is 40.5 Å². The normalized spacial score (nSPS) is 16.3. The number of Topliss-reactive ketones (excluding diaryl/α,β-unsaturated/α-hetero) is 1. The van der Waals surface area contributed by atoms with Crippen molar-refractivity contribution < 1.29 is 14.3 Å². The molecule has 0 spiro atoms. The second-order valence-corrected chi connectivity index (χ2v) is 12.1. The van der Waals surface area contributed by atoms with Crippen LogP contribution in [0.5, 0.6) is 0 Å². The number of pyridine rings is 1. The molecule has 2 aromatic carbocycles. The van der Waals surface area contributed by atoms with Crippen molar-refractivity contribution in [3.05, 3.63) is 93.4 Å². The van der Waals surface area contributed by atoms with E-state index in [1.165, 1.54) is 4.57 Å². The minimum absolute atomic E-state index is 0.151. The molecule has 1 N–H and O–H groups in total. The fourth-order valence-corrected chi connectivity index (χ4v) is 5.55. The maximum atomic E-state index is 14.1. The fraction of sp³-hybridized carbons (Fsp3) is 0.375. The maximum absolute atomic E-state index is 14.1. The number of piperidine rings is 1. The van der Waals surface area contributed by atoms with Crippen LogP contribution in [0.3, 0.4) is 0 Å². The molecule has 2 atom stereocenters. The lowest BCUT2D eigenvalue weighted by Gasteiger charge is -2.34. The van der Waals surface area contributed by atoms with Gasteiger partial charge in [0.1, 0.15) is 11.1 Å². The average molecular weight is 590 g/mol. The zero-order chi connectivity index (χ0) is 30.0. The topological polar surface area (TPSA) is 98.5 Å². The van der Waals surface area contributed by atoms with Crippen LogP contribution in [0.1, 0.15) is 62.5 Å². The summed E-state index contributed by atoms with van der Waals surface area (Å²) in [5, 5.41) is 3.57. The Labute approximate surface area is 250 Å². The molecule has 5 rings (SSSR count). The summed E-state index contributed by atoms with van der Waals surface area (Å²) in [6.07, 6.45) is 2.80. The Hall–Kier alpha value is -4.11. The Morgan fingerprint density at radius 3 is 2.52 bits per heavy atom. The van der Waals surface area contributed by atoms with Gasteiger partial charge in [-0.25, -0.2) is 9.78 Å².